The molecular formula is C12H9FN2O2. The molecule has 0 N–H and O–H groups in total. The van der Waals surface area contributed by atoms with E-state index in [9.17, 15) is 9.18 Å². The van der Waals surface area contributed by atoms with Crippen molar-refractivity contribution in [2.45, 2.75) is 5.92 Å². The molecule has 0 spiro atoms. The third kappa shape index (κ3) is 2.66. The molecule has 1 aromatic carbocycles. The predicted octanol–water partition coefficient (Wildman–Crippen LogP) is 1.52. The molecule has 0 fully saturated rings. The van der Waals surface area contributed by atoms with Gasteiger partial charge < -0.3 is 4.74 Å². The first kappa shape index (κ1) is 12.8. The highest BCUT2D eigenvalue weighted by molar-refractivity contribution is 5.90. The summed E-state index contributed by atoms with van der Waals surface area (Å²) in [6.45, 7) is -0.250. The number of hydrogen-bond acceptors (Lipinski definition) is 4. The van der Waals surface area contributed by atoms with Crippen LogP contribution in [0.2, 0.25) is 0 Å². The van der Waals surface area contributed by atoms with Gasteiger partial charge in [0.1, 0.15) is 24.4 Å². The van der Waals surface area contributed by atoms with E-state index in [2.05, 4.69) is 4.74 Å². The second-order valence-electron chi connectivity index (χ2n) is 3.28. The minimum Gasteiger partial charge on any atom is -0.377 e. The number of ether oxygens (including phenoxy) is 1. The third-order valence-electron chi connectivity index (χ3n) is 2.21. The Kier molecular flexibility index (Phi) is 4.33. The van der Waals surface area contributed by atoms with Crippen molar-refractivity contribution in [1.29, 1.82) is 10.5 Å². The van der Waals surface area contributed by atoms with Crippen LogP contribution in [0.5, 0.6) is 0 Å². The van der Waals surface area contributed by atoms with E-state index in [4.69, 9.17) is 10.5 Å². The molecule has 1 atom stereocenters. The summed E-state index contributed by atoms with van der Waals surface area (Å²) >= 11 is 0. The molecule has 0 heterocycles. The summed E-state index contributed by atoms with van der Waals surface area (Å²) < 4.78 is 18.0. The number of nitriles is 2. The van der Waals surface area contributed by atoms with Gasteiger partial charge in [-0.15, -0.1) is 0 Å². The maximum absolute atomic E-state index is 13.3. The van der Waals surface area contributed by atoms with Crippen LogP contribution in [0.4, 0.5) is 4.39 Å². The Hall–Kier alpha value is -2.24. The minimum absolute atomic E-state index is 0.0806. The zero-order chi connectivity index (χ0) is 12.8. The fourth-order valence-corrected chi connectivity index (χ4v) is 1.44. The highest BCUT2D eigenvalue weighted by Gasteiger charge is 2.24. The molecule has 5 heteroatoms. The zero-order valence-corrected chi connectivity index (χ0v) is 9.11. The van der Waals surface area contributed by atoms with E-state index < -0.39 is 17.5 Å². The van der Waals surface area contributed by atoms with Crippen molar-refractivity contribution in [3.63, 3.8) is 0 Å². The molecule has 86 valence electrons. The lowest BCUT2D eigenvalue weighted by Gasteiger charge is -2.09. The molecule has 0 aliphatic carbocycles. The maximum Gasteiger partial charge on any atom is 0.180 e. The summed E-state index contributed by atoms with van der Waals surface area (Å²) in [7, 11) is 1.32. The van der Waals surface area contributed by atoms with Gasteiger partial charge >= 0.3 is 0 Å². The molecule has 0 amide bonds. The number of carbonyl (C=O) groups is 1. The van der Waals surface area contributed by atoms with Crippen LogP contribution in [0, 0.1) is 28.5 Å². The first-order valence-corrected chi connectivity index (χ1v) is 4.75. The van der Waals surface area contributed by atoms with Crippen LogP contribution >= 0.6 is 0 Å². The Morgan fingerprint density at radius 2 is 2.24 bits per heavy atom. The smallest absolute Gasteiger partial charge is 0.180 e. The Bertz CT molecular complexity index is 514. The van der Waals surface area contributed by atoms with Gasteiger partial charge in [0.05, 0.1) is 11.6 Å². The van der Waals surface area contributed by atoms with Crippen molar-refractivity contribution in [2.24, 2.45) is 0 Å². The lowest BCUT2D eigenvalue weighted by atomic mass is 9.92. The molecule has 17 heavy (non-hydrogen) atoms. The maximum atomic E-state index is 13.3. The number of Topliss-reactive ketones (excluding diaryl/α,β-unsaturated/α-hetero) is 1. The normalized spacial score (nSPS) is 11.3. The van der Waals surface area contributed by atoms with Crippen LogP contribution in [0.15, 0.2) is 18.2 Å². The topological polar surface area (TPSA) is 73.9 Å². The van der Waals surface area contributed by atoms with Crippen LogP contribution in [0.3, 0.4) is 0 Å². The molecule has 0 bridgehead atoms. The number of halogens is 1. The van der Waals surface area contributed by atoms with E-state index in [1.807, 2.05) is 0 Å². The summed E-state index contributed by atoms with van der Waals surface area (Å²) in [6.07, 6.45) is 0. The second kappa shape index (κ2) is 5.74. The van der Waals surface area contributed by atoms with Gasteiger partial charge in [0.15, 0.2) is 5.78 Å². The van der Waals surface area contributed by atoms with Gasteiger partial charge in [0.2, 0.25) is 0 Å². The highest BCUT2D eigenvalue weighted by atomic mass is 19.1. The molecule has 0 radical (unpaired) electrons. The van der Waals surface area contributed by atoms with Crippen LogP contribution in [0.1, 0.15) is 17.0 Å². The van der Waals surface area contributed by atoms with Crippen LogP contribution in [-0.4, -0.2) is 19.5 Å². The van der Waals surface area contributed by atoms with E-state index in [1.165, 1.54) is 19.2 Å². The molecule has 0 saturated heterocycles. The first-order chi connectivity index (χ1) is 8.15. The van der Waals surface area contributed by atoms with Crippen molar-refractivity contribution in [2.75, 3.05) is 13.7 Å². The fourth-order valence-electron chi connectivity index (χ4n) is 1.44. The molecule has 0 aliphatic rings. The quantitative estimate of drug-likeness (QED) is 0.788. The molecular weight excluding hydrogens is 223 g/mol. The summed E-state index contributed by atoms with van der Waals surface area (Å²) in [4.78, 5) is 11.6. The van der Waals surface area contributed by atoms with Crippen LogP contribution < -0.4 is 0 Å². The number of methoxy groups -OCH3 is 1. The van der Waals surface area contributed by atoms with Crippen molar-refractivity contribution < 1.29 is 13.9 Å². The van der Waals surface area contributed by atoms with E-state index >= 15 is 0 Å². The Balaban J connectivity index is 3.23. The minimum atomic E-state index is -1.18. The Morgan fingerprint density at radius 1 is 1.53 bits per heavy atom. The average molecular weight is 232 g/mol. The van der Waals surface area contributed by atoms with Crippen LogP contribution in [-0.2, 0) is 9.53 Å². The van der Waals surface area contributed by atoms with E-state index in [0.717, 1.165) is 6.07 Å². The van der Waals surface area contributed by atoms with E-state index in [0.29, 0.717) is 0 Å². The monoisotopic (exact) mass is 232 g/mol. The number of rotatable bonds is 4. The summed E-state index contributed by atoms with van der Waals surface area (Å²) in [6, 6.07) is 7.27. The molecule has 0 aromatic heterocycles. The lowest BCUT2D eigenvalue weighted by Crippen LogP contribution is -2.17. The summed E-state index contributed by atoms with van der Waals surface area (Å²) in [5.41, 5.74) is -0.194. The van der Waals surface area contributed by atoms with Crippen molar-refractivity contribution >= 4 is 5.78 Å². The van der Waals surface area contributed by atoms with Crippen LogP contribution in [0.25, 0.3) is 0 Å². The fraction of sp³-hybridized carbons (Fsp3) is 0.250. The van der Waals surface area contributed by atoms with Gasteiger partial charge in [0.25, 0.3) is 0 Å². The highest BCUT2D eigenvalue weighted by Crippen LogP contribution is 2.22. The SMILES string of the molecule is COCC(=O)C(C#N)c1cccc(F)c1C#N. The van der Waals surface area contributed by atoms with Gasteiger partial charge in [-0.2, -0.15) is 10.5 Å². The van der Waals surface area contributed by atoms with Gasteiger partial charge in [-0.1, -0.05) is 12.1 Å². The van der Waals surface area contributed by atoms with Crippen molar-refractivity contribution in [3.05, 3.63) is 35.1 Å². The lowest BCUT2D eigenvalue weighted by molar-refractivity contribution is -0.122. The zero-order valence-electron chi connectivity index (χ0n) is 9.11. The Morgan fingerprint density at radius 3 is 2.76 bits per heavy atom. The predicted molar refractivity (Wildman–Crippen MR) is 56.4 cm³/mol. The molecule has 1 rings (SSSR count). The molecule has 0 aliphatic heterocycles. The number of carbonyl (C=O) groups excluding carboxylic acids is 1. The van der Waals surface area contributed by atoms with Gasteiger partial charge in [-0.3, -0.25) is 4.79 Å². The van der Waals surface area contributed by atoms with Crippen molar-refractivity contribution in [1.82, 2.24) is 0 Å². The number of hydrogen-bond donors (Lipinski definition) is 0. The summed E-state index contributed by atoms with van der Waals surface area (Å²) in [5.74, 6) is -2.42. The second-order valence-corrected chi connectivity index (χ2v) is 3.28. The Labute approximate surface area is 97.8 Å². The van der Waals surface area contributed by atoms with E-state index in [1.54, 1.807) is 12.1 Å². The number of ketones is 1. The molecule has 4 nitrogen and oxygen atoms in total. The summed E-state index contributed by atoms with van der Waals surface area (Å²) in [5, 5.41) is 17.7. The molecule has 1 aromatic rings. The standard InChI is InChI=1S/C12H9FN2O2/c1-17-7-12(16)10(6-15)8-3-2-4-11(13)9(8)5-14/h2-4,10H,7H2,1H3. The van der Waals surface area contributed by atoms with Gasteiger partial charge in [0, 0.05) is 7.11 Å². The molecule has 1 unspecified atom stereocenters. The third-order valence-corrected chi connectivity index (χ3v) is 2.21. The van der Waals surface area contributed by atoms with Gasteiger partial charge in [-0.05, 0) is 11.6 Å². The first-order valence-electron chi connectivity index (χ1n) is 4.75. The molecule has 0 saturated carbocycles. The number of nitrogens with zero attached hydrogens (tertiary/aromatic N) is 2. The van der Waals surface area contributed by atoms with Crippen molar-refractivity contribution in [3.8, 4) is 12.1 Å². The van der Waals surface area contributed by atoms with E-state index in [-0.39, 0.29) is 17.7 Å². The largest absolute Gasteiger partial charge is 0.377 e. The average Bonchev–Trinajstić information content (AvgIpc) is 2.30. The van der Waals surface area contributed by atoms with Gasteiger partial charge in [-0.25, -0.2) is 4.39 Å². The number of benzene rings is 1.